The first-order valence-electron chi connectivity index (χ1n) is 13.9. The molecule has 1 atom stereocenters. The third kappa shape index (κ3) is 5.75. The van der Waals surface area contributed by atoms with Crippen molar-refractivity contribution in [2.24, 2.45) is 0 Å². The van der Waals surface area contributed by atoms with Crippen molar-refractivity contribution in [1.29, 1.82) is 0 Å². The molecule has 40 heavy (non-hydrogen) atoms. The summed E-state index contributed by atoms with van der Waals surface area (Å²) >= 11 is 4.85. The third-order valence-electron chi connectivity index (χ3n) is 8.14. The van der Waals surface area contributed by atoms with Crippen LogP contribution in [0, 0.1) is 7.14 Å². The zero-order valence-corrected chi connectivity index (χ0v) is 28.5. The first-order chi connectivity index (χ1) is 18.9. The lowest BCUT2D eigenvalue weighted by molar-refractivity contribution is -0.471. The van der Waals surface area contributed by atoms with Crippen molar-refractivity contribution in [1.82, 2.24) is 0 Å². The number of anilines is 1. The number of halogens is 2. The average Bonchev–Trinajstić information content (AvgIpc) is 3.22. The largest absolute Gasteiger partial charge is 0.476 e. The van der Waals surface area contributed by atoms with E-state index in [-0.39, 0.29) is 10.8 Å². The molecule has 6 heteroatoms. The Hall–Kier alpha value is -2.20. The molecule has 1 N–H and O–H groups in total. The lowest BCUT2D eigenvalue weighted by Gasteiger charge is -2.24. The van der Waals surface area contributed by atoms with Gasteiger partial charge in [0.05, 0.1) is 5.41 Å². The molecule has 2 aliphatic rings. The van der Waals surface area contributed by atoms with Gasteiger partial charge in [-0.05, 0) is 83.7 Å². The molecule has 4 rings (SSSR count). The maximum absolute atomic E-state index is 12.4. The van der Waals surface area contributed by atoms with Crippen LogP contribution in [0.5, 0.6) is 0 Å². The van der Waals surface area contributed by atoms with Gasteiger partial charge in [0, 0.05) is 60.7 Å². The number of likely N-dealkylation sites (N-methyl/N-ethyl adjacent to an activating group) is 1. The summed E-state index contributed by atoms with van der Waals surface area (Å²) in [7, 11) is 2.15. The van der Waals surface area contributed by atoms with Gasteiger partial charge in [-0.1, -0.05) is 75.8 Å². The van der Waals surface area contributed by atoms with Gasteiger partial charge < -0.3 is 10.0 Å². The summed E-state index contributed by atoms with van der Waals surface area (Å²) in [6.45, 7) is 11.0. The molecule has 2 aromatic carbocycles. The minimum Gasteiger partial charge on any atom is -0.476 e. The van der Waals surface area contributed by atoms with Crippen LogP contribution >= 0.6 is 45.2 Å². The Morgan fingerprint density at radius 3 is 2.40 bits per heavy atom. The summed E-state index contributed by atoms with van der Waals surface area (Å²) in [5.74, 6) is -0.773. The second-order valence-electron chi connectivity index (χ2n) is 11.5. The summed E-state index contributed by atoms with van der Waals surface area (Å²) in [6.07, 6.45) is 17.0. The highest BCUT2D eigenvalue weighted by Crippen LogP contribution is 2.49. The Labute approximate surface area is 266 Å². The van der Waals surface area contributed by atoms with Gasteiger partial charge in [-0.25, -0.2) is 4.79 Å². The number of benzene rings is 2. The summed E-state index contributed by atoms with van der Waals surface area (Å²) in [6, 6.07) is 12.1. The number of allylic oxidation sites excluding steroid dienone is 8. The van der Waals surface area contributed by atoms with Gasteiger partial charge in [-0.15, -0.1) is 0 Å². The van der Waals surface area contributed by atoms with E-state index in [1.54, 1.807) is 0 Å². The Bertz CT molecular complexity index is 1460. The molecule has 0 aliphatic carbocycles. The standard InChI is InChI=1S/C34H38I2N2O2/c1-7-8-17-27(32(39)40)38-26-18-15-14-16-24(26)33(2,3)30(38)20-13-11-9-10-12-19-29-34(4,5)31-25(36)21-23(35)22-28(31)37(29)6/h9-16,18-22,27H,7-8,17H2,1-6H3/p+1. The van der Waals surface area contributed by atoms with Gasteiger partial charge in [0.2, 0.25) is 5.69 Å². The highest BCUT2D eigenvalue weighted by atomic mass is 127. The van der Waals surface area contributed by atoms with E-state index in [2.05, 4.69) is 139 Å². The minimum absolute atomic E-state index is 0.0689. The Morgan fingerprint density at radius 2 is 1.70 bits per heavy atom. The zero-order chi connectivity index (χ0) is 29.2. The number of carboxylic acid groups (broad SMARTS) is 1. The summed E-state index contributed by atoms with van der Waals surface area (Å²) < 4.78 is 4.60. The molecule has 0 fully saturated rings. The van der Waals surface area contributed by atoms with Gasteiger partial charge in [0.25, 0.3) is 6.04 Å². The highest BCUT2D eigenvalue weighted by Gasteiger charge is 2.48. The number of nitrogens with zero attached hydrogens (tertiary/aromatic N) is 2. The zero-order valence-electron chi connectivity index (χ0n) is 24.2. The van der Waals surface area contributed by atoms with Crippen LogP contribution in [0.2, 0.25) is 0 Å². The van der Waals surface area contributed by atoms with Crippen LogP contribution in [0.3, 0.4) is 0 Å². The number of carbonyl (C=O) groups is 1. The molecule has 2 aliphatic heterocycles. The molecular formula is C34H39I2N2O2+. The van der Waals surface area contributed by atoms with Gasteiger partial charge in [-0.3, -0.25) is 0 Å². The number of fused-ring (bicyclic) bond motifs is 2. The fraction of sp³-hybridized carbons (Fsp3) is 0.353. The topological polar surface area (TPSA) is 43.5 Å². The van der Waals surface area contributed by atoms with E-state index in [4.69, 9.17) is 0 Å². The van der Waals surface area contributed by atoms with Gasteiger partial charge >= 0.3 is 5.97 Å². The third-order valence-corrected chi connectivity index (χ3v) is 9.61. The smallest absolute Gasteiger partial charge is 0.373 e. The normalized spacial score (nSPS) is 19.4. The van der Waals surface area contributed by atoms with Crippen LogP contribution in [0.25, 0.3) is 0 Å². The number of hydrogen-bond acceptors (Lipinski definition) is 2. The van der Waals surface area contributed by atoms with Crippen molar-refractivity contribution in [3.8, 4) is 0 Å². The average molecular weight is 762 g/mol. The molecule has 2 aromatic rings. The van der Waals surface area contributed by atoms with Crippen LogP contribution < -0.4 is 4.90 Å². The molecule has 1 unspecified atom stereocenters. The first-order valence-corrected chi connectivity index (χ1v) is 16.0. The molecule has 0 aromatic heterocycles. The fourth-order valence-corrected chi connectivity index (χ4v) is 8.58. The van der Waals surface area contributed by atoms with Crippen LogP contribution in [-0.2, 0) is 15.6 Å². The van der Waals surface area contributed by atoms with E-state index in [0.29, 0.717) is 6.42 Å². The fourth-order valence-electron chi connectivity index (χ4n) is 6.09. The Morgan fingerprint density at radius 1 is 1.02 bits per heavy atom. The quantitative estimate of drug-likeness (QED) is 0.158. The predicted octanol–water partition coefficient (Wildman–Crippen LogP) is 8.90. The lowest BCUT2D eigenvalue weighted by Crippen LogP contribution is -2.36. The molecule has 0 amide bonds. The number of unbranched alkanes of at least 4 members (excludes halogenated alkanes) is 1. The Kier molecular flexibility index (Phi) is 9.49. The second-order valence-corrected chi connectivity index (χ2v) is 13.9. The van der Waals surface area contributed by atoms with E-state index >= 15 is 0 Å². The molecule has 0 bridgehead atoms. The molecule has 4 nitrogen and oxygen atoms in total. The van der Waals surface area contributed by atoms with Crippen molar-refractivity contribution in [3.63, 3.8) is 0 Å². The highest BCUT2D eigenvalue weighted by molar-refractivity contribution is 14.1. The molecular weight excluding hydrogens is 722 g/mol. The minimum atomic E-state index is -0.773. The van der Waals surface area contributed by atoms with Crippen LogP contribution in [0.1, 0.15) is 65.0 Å². The molecule has 210 valence electrons. The SMILES string of the molecule is CCCCC(C(=O)O)[N+]1=C(C=CC=CC=CC=C2N(C)c3cc(I)cc(I)c3C2(C)C)C(C)(C)c2ccccc21. The molecule has 2 heterocycles. The second kappa shape index (κ2) is 12.3. The van der Waals surface area contributed by atoms with Gasteiger partial charge in [-0.2, -0.15) is 4.58 Å². The number of para-hydroxylation sites is 1. The van der Waals surface area contributed by atoms with Crippen molar-refractivity contribution in [2.45, 2.75) is 70.8 Å². The maximum Gasteiger partial charge on any atom is 0.373 e. The number of aliphatic carboxylic acids is 1. The van der Waals surface area contributed by atoms with E-state index in [9.17, 15) is 9.90 Å². The molecule has 0 radical (unpaired) electrons. The van der Waals surface area contributed by atoms with Gasteiger partial charge in [0.15, 0.2) is 5.71 Å². The van der Waals surface area contributed by atoms with Crippen molar-refractivity contribution in [3.05, 3.63) is 103 Å². The number of hydrogen-bond donors (Lipinski definition) is 1. The molecule has 0 spiro atoms. The van der Waals surface area contributed by atoms with E-state index in [1.807, 2.05) is 36.4 Å². The first kappa shape index (κ1) is 30.8. The molecule has 0 saturated heterocycles. The number of rotatable bonds is 9. The molecule has 0 saturated carbocycles. The van der Waals surface area contributed by atoms with E-state index < -0.39 is 12.0 Å². The summed E-state index contributed by atoms with van der Waals surface area (Å²) in [4.78, 5) is 14.7. The number of carboxylic acids is 1. The Balaban J connectivity index is 1.58. The maximum atomic E-state index is 12.4. The van der Waals surface area contributed by atoms with E-state index in [0.717, 1.165) is 24.2 Å². The van der Waals surface area contributed by atoms with Crippen molar-refractivity contribution in [2.75, 3.05) is 11.9 Å². The summed E-state index contributed by atoms with van der Waals surface area (Å²) in [5, 5.41) is 10.2. The van der Waals surface area contributed by atoms with Crippen molar-refractivity contribution >= 4 is 68.2 Å². The van der Waals surface area contributed by atoms with Crippen molar-refractivity contribution < 1.29 is 14.5 Å². The monoisotopic (exact) mass is 761 g/mol. The van der Waals surface area contributed by atoms with Gasteiger partial charge in [0.1, 0.15) is 0 Å². The van der Waals surface area contributed by atoms with E-state index in [1.165, 1.54) is 29.7 Å². The van der Waals surface area contributed by atoms with Crippen LogP contribution in [-0.4, -0.2) is 34.5 Å². The van der Waals surface area contributed by atoms with Crippen LogP contribution in [0.4, 0.5) is 11.4 Å². The van der Waals surface area contributed by atoms with Crippen LogP contribution in [0.15, 0.2) is 84.6 Å². The predicted molar refractivity (Wildman–Crippen MR) is 184 cm³/mol. The summed E-state index contributed by atoms with van der Waals surface area (Å²) in [5.41, 5.74) is 6.76. The lowest BCUT2D eigenvalue weighted by atomic mass is 9.81.